The second-order valence-electron chi connectivity index (χ2n) is 5.50. The Bertz CT molecular complexity index is 315. The van der Waals surface area contributed by atoms with E-state index in [1.807, 2.05) is 13.8 Å². The second-order valence-corrected chi connectivity index (χ2v) is 6.79. The summed E-state index contributed by atoms with van der Waals surface area (Å²) in [5.74, 6) is 0.438. The minimum absolute atomic E-state index is 0.0144. The van der Waals surface area contributed by atoms with Gasteiger partial charge in [-0.15, -0.1) is 11.8 Å². The Morgan fingerprint density at radius 3 is 2.53 bits per heavy atom. The zero-order chi connectivity index (χ0) is 14.3. The van der Waals surface area contributed by atoms with Crippen LogP contribution >= 0.6 is 11.8 Å². The molecule has 0 aliphatic carbocycles. The molecular weight excluding hydrogens is 262 g/mol. The monoisotopic (exact) mass is 287 g/mol. The van der Waals surface area contributed by atoms with Crippen molar-refractivity contribution in [1.82, 2.24) is 16.0 Å². The van der Waals surface area contributed by atoms with E-state index in [4.69, 9.17) is 0 Å². The van der Waals surface area contributed by atoms with E-state index in [9.17, 15) is 9.59 Å². The van der Waals surface area contributed by atoms with Gasteiger partial charge in [-0.3, -0.25) is 9.59 Å². The minimum Gasteiger partial charge on any atom is -0.359 e. The van der Waals surface area contributed by atoms with Gasteiger partial charge in [0.1, 0.15) is 0 Å². The third kappa shape index (κ3) is 5.82. The molecule has 110 valence electrons. The standard InChI is InChI=1S/C13H25N3O2S/c1-13(2,12(18)14-3)9-16-11(17)8-19-10-4-6-15-7-5-10/h10,15H,4-9H2,1-3H3,(H,14,18)(H,16,17). The molecule has 0 aromatic carbocycles. The van der Waals surface area contributed by atoms with Crippen LogP contribution in [0.5, 0.6) is 0 Å². The maximum Gasteiger partial charge on any atom is 0.230 e. The Kier molecular flexibility index (Phi) is 6.65. The molecule has 1 aliphatic heterocycles. The van der Waals surface area contributed by atoms with Crippen LogP contribution in [0.4, 0.5) is 0 Å². The van der Waals surface area contributed by atoms with Crippen LogP contribution in [-0.4, -0.2) is 49.5 Å². The van der Waals surface area contributed by atoms with Crippen molar-refractivity contribution in [2.75, 3.05) is 32.4 Å². The fourth-order valence-corrected chi connectivity index (χ4v) is 3.00. The number of piperidine rings is 1. The van der Waals surface area contributed by atoms with Gasteiger partial charge in [0.05, 0.1) is 11.2 Å². The van der Waals surface area contributed by atoms with Crippen molar-refractivity contribution < 1.29 is 9.59 Å². The second kappa shape index (κ2) is 7.75. The lowest BCUT2D eigenvalue weighted by Crippen LogP contribution is -2.44. The molecule has 3 N–H and O–H groups in total. The smallest absolute Gasteiger partial charge is 0.230 e. The van der Waals surface area contributed by atoms with E-state index in [0.717, 1.165) is 25.9 Å². The lowest BCUT2D eigenvalue weighted by Gasteiger charge is -2.24. The van der Waals surface area contributed by atoms with Gasteiger partial charge in [-0.2, -0.15) is 0 Å². The Morgan fingerprint density at radius 2 is 1.95 bits per heavy atom. The number of carbonyl (C=O) groups is 2. The molecule has 1 aliphatic rings. The van der Waals surface area contributed by atoms with Gasteiger partial charge in [0.15, 0.2) is 0 Å². The first-order valence-electron chi connectivity index (χ1n) is 6.77. The highest BCUT2D eigenvalue weighted by molar-refractivity contribution is 8.00. The van der Waals surface area contributed by atoms with E-state index in [0.29, 0.717) is 17.5 Å². The summed E-state index contributed by atoms with van der Waals surface area (Å²) >= 11 is 1.72. The quantitative estimate of drug-likeness (QED) is 0.660. The van der Waals surface area contributed by atoms with E-state index >= 15 is 0 Å². The third-order valence-electron chi connectivity index (χ3n) is 3.31. The first kappa shape index (κ1) is 16.3. The van der Waals surface area contributed by atoms with E-state index in [1.54, 1.807) is 18.8 Å². The highest BCUT2D eigenvalue weighted by atomic mass is 32.2. The van der Waals surface area contributed by atoms with Gasteiger partial charge in [-0.1, -0.05) is 0 Å². The molecule has 1 saturated heterocycles. The van der Waals surface area contributed by atoms with Gasteiger partial charge in [-0.05, 0) is 39.8 Å². The van der Waals surface area contributed by atoms with Gasteiger partial charge >= 0.3 is 0 Å². The molecule has 2 amide bonds. The molecule has 0 aromatic heterocycles. The summed E-state index contributed by atoms with van der Waals surface area (Å²) in [5.41, 5.74) is -0.566. The molecule has 5 nitrogen and oxygen atoms in total. The van der Waals surface area contributed by atoms with Gasteiger partial charge in [0.25, 0.3) is 0 Å². The summed E-state index contributed by atoms with van der Waals surface area (Å²) in [4.78, 5) is 23.3. The van der Waals surface area contributed by atoms with Crippen LogP contribution in [0.2, 0.25) is 0 Å². The molecule has 0 saturated carbocycles. The number of rotatable bonds is 6. The molecule has 1 fully saturated rings. The maximum absolute atomic E-state index is 11.8. The normalized spacial score (nSPS) is 17.0. The van der Waals surface area contributed by atoms with E-state index < -0.39 is 5.41 Å². The number of thioether (sulfide) groups is 1. The van der Waals surface area contributed by atoms with Gasteiger partial charge in [0.2, 0.25) is 11.8 Å². The topological polar surface area (TPSA) is 70.2 Å². The van der Waals surface area contributed by atoms with E-state index in [2.05, 4.69) is 16.0 Å². The van der Waals surface area contributed by atoms with Crippen LogP contribution in [0.25, 0.3) is 0 Å². The molecule has 1 heterocycles. The third-order valence-corrected chi connectivity index (χ3v) is 4.68. The number of hydrogen-bond acceptors (Lipinski definition) is 4. The summed E-state index contributed by atoms with van der Waals surface area (Å²) in [6, 6.07) is 0. The minimum atomic E-state index is -0.566. The summed E-state index contributed by atoms with van der Waals surface area (Å²) < 4.78 is 0. The maximum atomic E-state index is 11.8. The molecule has 1 rings (SSSR count). The van der Waals surface area contributed by atoms with E-state index in [-0.39, 0.29) is 11.8 Å². The number of amides is 2. The van der Waals surface area contributed by atoms with Crippen LogP contribution in [0.1, 0.15) is 26.7 Å². The predicted octanol–water partition coefficient (Wildman–Crippen LogP) is 0.360. The molecule has 0 atom stereocenters. The summed E-state index contributed by atoms with van der Waals surface area (Å²) in [5, 5.41) is 9.34. The first-order valence-corrected chi connectivity index (χ1v) is 7.82. The van der Waals surface area contributed by atoms with Crippen molar-refractivity contribution in [3.8, 4) is 0 Å². The highest BCUT2D eigenvalue weighted by Gasteiger charge is 2.27. The number of nitrogens with one attached hydrogen (secondary N) is 3. The highest BCUT2D eigenvalue weighted by Crippen LogP contribution is 2.20. The summed E-state index contributed by atoms with van der Waals surface area (Å²) in [6.07, 6.45) is 2.25. The molecule has 0 unspecified atom stereocenters. The van der Waals surface area contributed by atoms with Crippen molar-refractivity contribution in [3.05, 3.63) is 0 Å². The zero-order valence-corrected chi connectivity index (χ0v) is 12.9. The Morgan fingerprint density at radius 1 is 1.32 bits per heavy atom. The lowest BCUT2D eigenvalue weighted by atomic mass is 9.92. The summed E-state index contributed by atoms with van der Waals surface area (Å²) in [7, 11) is 1.61. The average Bonchev–Trinajstić information content (AvgIpc) is 2.43. The first-order chi connectivity index (χ1) is 8.95. The van der Waals surface area contributed by atoms with Gasteiger partial charge < -0.3 is 16.0 Å². The van der Waals surface area contributed by atoms with Gasteiger partial charge in [0, 0.05) is 18.8 Å². The lowest BCUT2D eigenvalue weighted by molar-refractivity contribution is -0.129. The molecule has 0 spiro atoms. The van der Waals surface area contributed by atoms with Crippen LogP contribution in [0.3, 0.4) is 0 Å². The van der Waals surface area contributed by atoms with Crippen LogP contribution in [0.15, 0.2) is 0 Å². The SMILES string of the molecule is CNC(=O)C(C)(C)CNC(=O)CSC1CCNCC1. The van der Waals surface area contributed by atoms with Gasteiger partial charge in [-0.25, -0.2) is 0 Å². The fraction of sp³-hybridized carbons (Fsp3) is 0.846. The van der Waals surface area contributed by atoms with Crippen molar-refractivity contribution in [1.29, 1.82) is 0 Å². The van der Waals surface area contributed by atoms with E-state index in [1.165, 1.54) is 0 Å². The summed E-state index contributed by atoms with van der Waals surface area (Å²) in [6.45, 7) is 6.11. The van der Waals surface area contributed by atoms with Crippen LogP contribution in [0, 0.1) is 5.41 Å². The molecule has 19 heavy (non-hydrogen) atoms. The molecular formula is C13H25N3O2S. The van der Waals surface area contributed by atoms with Crippen molar-refractivity contribution in [2.24, 2.45) is 5.41 Å². The molecule has 0 radical (unpaired) electrons. The Labute approximate surface area is 119 Å². The molecule has 6 heteroatoms. The Hall–Kier alpha value is -0.750. The molecule has 0 bridgehead atoms. The fourth-order valence-electron chi connectivity index (χ4n) is 1.94. The Balaban J connectivity index is 2.22. The van der Waals surface area contributed by atoms with Crippen molar-refractivity contribution >= 4 is 23.6 Å². The van der Waals surface area contributed by atoms with Crippen LogP contribution in [-0.2, 0) is 9.59 Å². The average molecular weight is 287 g/mol. The predicted molar refractivity (Wildman–Crippen MR) is 79.2 cm³/mol. The largest absolute Gasteiger partial charge is 0.359 e. The number of hydrogen-bond donors (Lipinski definition) is 3. The zero-order valence-electron chi connectivity index (χ0n) is 12.0. The van der Waals surface area contributed by atoms with Crippen molar-refractivity contribution in [2.45, 2.75) is 31.9 Å². The number of carbonyl (C=O) groups excluding carboxylic acids is 2. The van der Waals surface area contributed by atoms with Crippen LogP contribution < -0.4 is 16.0 Å². The van der Waals surface area contributed by atoms with Crippen molar-refractivity contribution in [3.63, 3.8) is 0 Å². The molecule has 0 aromatic rings.